The van der Waals surface area contributed by atoms with E-state index in [1.165, 1.54) is 30.9 Å². The number of rotatable bonds is 6. The van der Waals surface area contributed by atoms with E-state index in [0.29, 0.717) is 35.4 Å². The number of benzene rings is 2. The number of nitrogen functional groups attached to an aromatic ring is 1. The zero-order valence-corrected chi connectivity index (χ0v) is 14.5. The molecule has 1 heterocycles. The first-order valence-electron chi connectivity index (χ1n) is 7.95. The number of nitrogens with zero attached hydrogens (tertiary/aromatic N) is 2. The summed E-state index contributed by atoms with van der Waals surface area (Å²) in [6.07, 6.45) is 0.523. The number of nitrogens with two attached hydrogens (primary N) is 1. The second kappa shape index (κ2) is 7.40. The lowest BCUT2D eigenvalue weighted by molar-refractivity contribution is 0.355. The molecule has 136 valence electrons. The Morgan fingerprint density at radius 2 is 1.81 bits per heavy atom. The Hall–Kier alpha value is -3.13. The molecule has 0 atom stereocenters. The predicted octanol–water partition coefficient (Wildman–Crippen LogP) is 2.08. The Balaban J connectivity index is 2.04. The molecule has 0 amide bonds. The van der Waals surface area contributed by atoms with Crippen molar-refractivity contribution in [2.24, 2.45) is 5.84 Å². The molecule has 8 heteroatoms. The number of hydrogen-bond donors (Lipinski definition) is 2. The largest absolute Gasteiger partial charge is 0.493 e. The number of aryl methyl sites for hydroxylation is 1. The number of nitrogens with one attached hydrogen (secondary N) is 1. The average molecular weight is 358 g/mol. The third-order valence-electron chi connectivity index (χ3n) is 4.13. The quantitative estimate of drug-likeness (QED) is 0.518. The maximum absolute atomic E-state index is 13.0. The SMILES string of the molecule is COc1cc2nc(NN)n(CCc3ccc(F)cc3)c(=O)c2cc1OC. The molecular weight excluding hydrogens is 339 g/mol. The van der Waals surface area contributed by atoms with Crippen LogP contribution in [0.1, 0.15) is 5.56 Å². The summed E-state index contributed by atoms with van der Waals surface area (Å²) >= 11 is 0. The highest BCUT2D eigenvalue weighted by atomic mass is 19.1. The van der Waals surface area contributed by atoms with Gasteiger partial charge in [0, 0.05) is 12.6 Å². The number of ether oxygens (including phenoxy) is 2. The minimum absolute atomic E-state index is 0.233. The second-order valence-electron chi connectivity index (χ2n) is 5.64. The number of hydrogen-bond acceptors (Lipinski definition) is 6. The molecule has 0 fully saturated rings. The summed E-state index contributed by atoms with van der Waals surface area (Å²) in [5, 5.41) is 0.390. The van der Waals surface area contributed by atoms with Gasteiger partial charge in [-0.05, 0) is 30.2 Å². The van der Waals surface area contributed by atoms with Crippen molar-refractivity contribution >= 4 is 16.9 Å². The van der Waals surface area contributed by atoms with Gasteiger partial charge >= 0.3 is 0 Å². The van der Waals surface area contributed by atoms with Crippen LogP contribution in [0.2, 0.25) is 0 Å². The van der Waals surface area contributed by atoms with E-state index in [-0.39, 0.29) is 17.3 Å². The van der Waals surface area contributed by atoms with Gasteiger partial charge in [0.2, 0.25) is 5.95 Å². The van der Waals surface area contributed by atoms with E-state index in [1.807, 2.05) is 0 Å². The number of anilines is 1. The van der Waals surface area contributed by atoms with Gasteiger partial charge in [0.25, 0.3) is 5.56 Å². The molecule has 1 aromatic heterocycles. The van der Waals surface area contributed by atoms with Gasteiger partial charge in [0.05, 0.1) is 25.1 Å². The van der Waals surface area contributed by atoms with Crippen molar-refractivity contribution in [3.8, 4) is 11.5 Å². The fourth-order valence-corrected chi connectivity index (χ4v) is 2.76. The highest BCUT2D eigenvalue weighted by Gasteiger charge is 2.14. The first kappa shape index (κ1) is 17.7. The van der Waals surface area contributed by atoms with Crippen LogP contribution in [0, 0.1) is 5.82 Å². The van der Waals surface area contributed by atoms with Gasteiger partial charge in [0.1, 0.15) is 5.82 Å². The Morgan fingerprint density at radius 3 is 2.42 bits per heavy atom. The molecular formula is C18H19FN4O3. The number of methoxy groups -OCH3 is 2. The molecule has 3 N–H and O–H groups in total. The maximum atomic E-state index is 13.0. The number of hydrazine groups is 1. The normalized spacial score (nSPS) is 10.8. The average Bonchev–Trinajstić information content (AvgIpc) is 2.67. The molecule has 7 nitrogen and oxygen atoms in total. The Labute approximate surface area is 149 Å². The fraction of sp³-hybridized carbons (Fsp3) is 0.222. The highest BCUT2D eigenvalue weighted by molar-refractivity contribution is 5.82. The lowest BCUT2D eigenvalue weighted by Crippen LogP contribution is -2.28. The van der Waals surface area contributed by atoms with E-state index in [4.69, 9.17) is 15.3 Å². The van der Waals surface area contributed by atoms with Crippen LogP contribution in [0.3, 0.4) is 0 Å². The van der Waals surface area contributed by atoms with Crippen molar-refractivity contribution in [2.45, 2.75) is 13.0 Å². The minimum Gasteiger partial charge on any atom is -0.493 e. The van der Waals surface area contributed by atoms with Gasteiger partial charge in [-0.1, -0.05) is 12.1 Å². The molecule has 0 spiro atoms. The molecule has 0 bridgehead atoms. The maximum Gasteiger partial charge on any atom is 0.262 e. The molecule has 0 saturated carbocycles. The van der Waals surface area contributed by atoms with Crippen LogP contribution in [-0.4, -0.2) is 23.8 Å². The standard InChI is InChI=1S/C18H19FN4O3/c1-25-15-9-13-14(10-16(15)26-2)21-18(22-20)23(17(13)24)8-7-11-3-5-12(19)6-4-11/h3-6,9-10H,7-8,20H2,1-2H3,(H,21,22). The van der Waals surface area contributed by atoms with Crippen LogP contribution < -0.4 is 26.3 Å². The smallest absolute Gasteiger partial charge is 0.262 e. The zero-order chi connectivity index (χ0) is 18.7. The van der Waals surface area contributed by atoms with Gasteiger partial charge in [-0.3, -0.25) is 14.8 Å². The highest BCUT2D eigenvalue weighted by Crippen LogP contribution is 2.30. The Kier molecular flexibility index (Phi) is 5.04. The fourth-order valence-electron chi connectivity index (χ4n) is 2.76. The zero-order valence-electron chi connectivity index (χ0n) is 14.5. The summed E-state index contributed by atoms with van der Waals surface area (Å²) in [4.78, 5) is 17.3. The molecule has 0 aliphatic carbocycles. The molecule has 0 saturated heterocycles. The van der Waals surface area contributed by atoms with Gasteiger partial charge < -0.3 is 9.47 Å². The molecule has 3 rings (SSSR count). The summed E-state index contributed by atoms with van der Waals surface area (Å²) in [7, 11) is 3.01. The summed E-state index contributed by atoms with van der Waals surface area (Å²) in [6.45, 7) is 0.335. The van der Waals surface area contributed by atoms with Crippen LogP contribution >= 0.6 is 0 Å². The van der Waals surface area contributed by atoms with Crippen LogP contribution in [-0.2, 0) is 13.0 Å². The molecule has 3 aromatic rings. The Bertz CT molecular complexity index is 986. The lowest BCUT2D eigenvalue weighted by Gasteiger charge is -2.14. The van der Waals surface area contributed by atoms with Crippen molar-refractivity contribution < 1.29 is 13.9 Å². The molecule has 26 heavy (non-hydrogen) atoms. The summed E-state index contributed by atoms with van der Waals surface area (Å²) in [5.74, 6) is 6.39. The van der Waals surface area contributed by atoms with Crippen LogP contribution in [0.4, 0.5) is 10.3 Å². The molecule has 0 unspecified atom stereocenters. The third-order valence-corrected chi connectivity index (χ3v) is 4.13. The number of halogens is 1. The second-order valence-corrected chi connectivity index (χ2v) is 5.64. The first-order chi connectivity index (χ1) is 12.6. The van der Waals surface area contributed by atoms with Crippen molar-refractivity contribution in [2.75, 3.05) is 19.6 Å². The van der Waals surface area contributed by atoms with E-state index in [0.717, 1.165) is 5.56 Å². The van der Waals surface area contributed by atoms with Crippen LogP contribution in [0.5, 0.6) is 11.5 Å². The topological polar surface area (TPSA) is 91.4 Å². The van der Waals surface area contributed by atoms with E-state index >= 15 is 0 Å². The molecule has 2 aromatic carbocycles. The van der Waals surface area contributed by atoms with Gasteiger partial charge in [0.15, 0.2) is 11.5 Å². The monoisotopic (exact) mass is 358 g/mol. The summed E-state index contributed by atoms with van der Waals surface area (Å²) < 4.78 is 25.0. The Morgan fingerprint density at radius 1 is 1.15 bits per heavy atom. The van der Waals surface area contributed by atoms with Gasteiger partial charge in [-0.2, -0.15) is 0 Å². The van der Waals surface area contributed by atoms with Crippen LogP contribution in [0.25, 0.3) is 10.9 Å². The van der Waals surface area contributed by atoms with Crippen molar-refractivity contribution in [1.29, 1.82) is 0 Å². The van der Waals surface area contributed by atoms with Crippen molar-refractivity contribution in [3.05, 3.63) is 58.1 Å². The lowest BCUT2D eigenvalue weighted by atomic mass is 10.1. The van der Waals surface area contributed by atoms with Gasteiger partial charge in [-0.15, -0.1) is 0 Å². The predicted molar refractivity (Wildman–Crippen MR) is 97.0 cm³/mol. The summed E-state index contributed by atoms with van der Waals surface area (Å²) in [5.41, 5.74) is 3.54. The van der Waals surface area contributed by atoms with Crippen molar-refractivity contribution in [3.63, 3.8) is 0 Å². The van der Waals surface area contributed by atoms with E-state index in [9.17, 15) is 9.18 Å². The third kappa shape index (κ3) is 3.31. The molecule has 0 aliphatic rings. The number of aromatic nitrogens is 2. The number of fused-ring (bicyclic) bond motifs is 1. The molecule has 0 radical (unpaired) electrons. The first-order valence-corrected chi connectivity index (χ1v) is 7.95. The summed E-state index contributed by atoms with van der Waals surface area (Å²) in [6, 6.07) is 9.35. The van der Waals surface area contributed by atoms with E-state index < -0.39 is 0 Å². The van der Waals surface area contributed by atoms with Crippen molar-refractivity contribution in [1.82, 2.24) is 9.55 Å². The van der Waals surface area contributed by atoms with E-state index in [2.05, 4.69) is 10.4 Å². The molecule has 0 aliphatic heterocycles. The van der Waals surface area contributed by atoms with E-state index in [1.54, 1.807) is 24.3 Å². The minimum atomic E-state index is -0.302. The van der Waals surface area contributed by atoms with Gasteiger partial charge in [-0.25, -0.2) is 15.2 Å². The van der Waals surface area contributed by atoms with Crippen LogP contribution in [0.15, 0.2) is 41.2 Å².